The molecule has 1 atom stereocenters. The van der Waals surface area contributed by atoms with Crippen molar-refractivity contribution >= 4 is 17.6 Å². The van der Waals surface area contributed by atoms with E-state index >= 15 is 0 Å². The molecule has 0 aliphatic heterocycles. The molecule has 0 radical (unpaired) electrons. The molecule has 0 saturated heterocycles. The van der Waals surface area contributed by atoms with E-state index in [-0.39, 0.29) is 5.97 Å². The van der Waals surface area contributed by atoms with Crippen LogP contribution >= 0.6 is 11.6 Å². The standard InChI is InChI=1S/C9H11ClN2O2/c1-3-14-9(13)6(2)8-7(10)4-5-11-12-8/h4-6H,3H2,1-2H3. The fraction of sp³-hybridized carbons (Fsp3) is 0.444. The van der Waals surface area contributed by atoms with Gasteiger partial charge in [-0.1, -0.05) is 11.6 Å². The van der Waals surface area contributed by atoms with Gasteiger partial charge in [-0.25, -0.2) is 0 Å². The third-order valence-corrected chi connectivity index (χ3v) is 2.07. The Bertz CT molecular complexity index is 330. The van der Waals surface area contributed by atoms with E-state index in [0.717, 1.165) is 0 Å². The van der Waals surface area contributed by atoms with Gasteiger partial charge < -0.3 is 4.74 Å². The molecule has 0 spiro atoms. The maximum Gasteiger partial charge on any atom is 0.314 e. The Morgan fingerprint density at radius 2 is 2.43 bits per heavy atom. The topological polar surface area (TPSA) is 52.1 Å². The highest BCUT2D eigenvalue weighted by Crippen LogP contribution is 2.21. The van der Waals surface area contributed by atoms with E-state index in [1.54, 1.807) is 19.9 Å². The number of ether oxygens (including phenoxy) is 1. The number of carbonyl (C=O) groups excluding carboxylic acids is 1. The van der Waals surface area contributed by atoms with E-state index in [1.165, 1.54) is 6.20 Å². The van der Waals surface area contributed by atoms with Crippen LogP contribution in [0.25, 0.3) is 0 Å². The van der Waals surface area contributed by atoms with Crippen molar-refractivity contribution in [2.75, 3.05) is 6.61 Å². The summed E-state index contributed by atoms with van der Waals surface area (Å²) in [4.78, 5) is 11.3. The maximum atomic E-state index is 11.3. The van der Waals surface area contributed by atoms with Crippen LogP contribution in [-0.4, -0.2) is 22.8 Å². The summed E-state index contributed by atoms with van der Waals surface area (Å²) >= 11 is 5.85. The fourth-order valence-corrected chi connectivity index (χ4v) is 1.26. The minimum atomic E-state index is -0.476. The summed E-state index contributed by atoms with van der Waals surface area (Å²) in [5.41, 5.74) is 0.451. The zero-order valence-corrected chi connectivity index (χ0v) is 8.78. The van der Waals surface area contributed by atoms with Gasteiger partial charge in [-0.05, 0) is 19.9 Å². The molecule has 14 heavy (non-hydrogen) atoms. The molecule has 76 valence electrons. The van der Waals surface area contributed by atoms with Gasteiger partial charge in [-0.15, -0.1) is 0 Å². The lowest BCUT2D eigenvalue weighted by Crippen LogP contribution is -2.15. The predicted molar refractivity (Wildman–Crippen MR) is 52.1 cm³/mol. The SMILES string of the molecule is CCOC(=O)C(C)c1nnccc1Cl. The summed E-state index contributed by atoms with van der Waals surface area (Å²) in [7, 11) is 0. The van der Waals surface area contributed by atoms with Crippen LogP contribution < -0.4 is 0 Å². The lowest BCUT2D eigenvalue weighted by Gasteiger charge is -2.09. The van der Waals surface area contributed by atoms with Crippen molar-refractivity contribution < 1.29 is 9.53 Å². The molecule has 1 rings (SSSR count). The first kappa shape index (κ1) is 10.9. The molecule has 0 aliphatic carbocycles. The van der Waals surface area contributed by atoms with Crippen molar-refractivity contribution in [1.82, 2.24) is 10.2 Å². The Labute approximate surface area is 87.2 Å². The summed E-state index contributed by atoms with van der Waals surface area (Å²) < 4.78 is 4.85. The van der Waals surface area contributed by atoms with E-state index < -0.39 is 5.92 Å². The number of nitrogens with zero attached hydrogens (tertiary/aromatic N) is 2. The first-order chi connectivity index (χ1) is 6.66. The highest BCUT2D eigenvalue weighted by Gasteiger charge is 2.20. The Morgan fingerprint density at radius 1 is 1.71 bits per heavy atom. The molecular weight excluding hydrogens is 204 g/mol. The van der Waals surface area contributed by atoms with Crippen molar-refractivity contribution in [1.29, 1.82) is 0 Å². The van der Waals surface area contributed by atoms with Crippen molar-refractivity contribution in [3.05, 3.63) is 23.0 Å². The first-order valence-electron chi connectivity index (χ1n) is 4.30. The normalized spacial score (nSPS) is 12.2. The number of rotatable bonds is 3. The van der Waals surface area contributed by atoms with Crippen molar-refractivity contribution in [2.24, 2.45) is 0 Å². The average molecular weight is 215 g/mol. The summed E-state index contributed by atoms with van der Waals surface area (Å²) in [6, 6.07) is 1.60. The van der Waals surface area contributed by atoms with Crippen LogP contribution in [0.2, 0.25) is 5.02 Å². The van der Waals surface area contributed by atoms with E-state index in [0.29, 0.717) is 17.3 Å². The maximum absolute atomic E-state index is 11.3. The first-order valence-corrected chi connectivity index (χ1v) is 4.68. The van der Waals surface area contributed by atoms with Crippen LogP contribution in [0.1, 0.15) is 25.5 Å². The molecule has 0 aromatic carbocycles. The molecule has 0 fully saturated rings. The monoisotopic (exact) mass is 214 g/mol. The van der Waals surface area contributed by atoms with Gasteiger partial charge in [0, 0.05) is 0 Å². The lowest BCUT2D eigenvalue weighted by atomic mass is 10.1. The van der Waals surface area contributed by atoms with Crippen molar-refractivity contribution in [2.45, 2.75) is 19.8 Å². The second kappa shape index (κ2) is 4.91. The molecule has 1 aromatic heterocycles. The zero-order valence-electron chi connectivity index (χ0n) is 8.03. The minimum Gasteiger partial charge on any atom is -0.465 e. The summed E-state index contributed by atoms with van der Waals surface area (Å²) in [5.74, 6) is -0.814. The molecular formula is C9H11ClN2O2. The second-order valence-corrected chi connectivity index (χ2v) is 3.15. The largest absolute Gasteiger partial charge is 0.465 e. The molecule has 0 N–H and O–H groups in total. The van der Waals surface area contributed by atoms with Crippen LogP contribution in [0.5, 0.6) is 0 Å². The van der Waals surface area contributed by atoms with Gasteiger partial charge in [0.25, 0.3) is 0 Å². The van der Waals surface area contributed by atoms with Crippen LogP contribution in [-0.2, 0) is 9.53 Å². The predicted octanol–water partition coefficient (Wildman–Crippen LogP) is 1.80. The average Bonchev–Trinajstić information content (AvgIpc) is 2.18. The summed E-state index contributed by atoms with van der Waals surface area (Å²) in [6.45, 7) is 3.79. The third kappa shape index (κ3) is 2.42. The van der Waals surface area contributed by atoms with Gasteiger partial charge in [0.1, 0.15) is 0 Å². The van der Waals surface area contributed by atoms with Gasteiger partial charge in [-0.2, -0.15) is 10.2 Å². The van der Waals surface area contributed by atoms with Crippen LogP contribution in [0.15, 0.2) is 12.3 Å². The van der Waals surface area contributed by atoms with Gasteiger partial charge in [0.05, 0.1) is 29.4 Å². The number of carbonyl (C=O) groups is 1. The Hall–Kier alpha value is -1.16. The van der Waals surface area contributed by atoms with Crippen molar-refractivity contribution in [3.8, 4) is 0 Å². The van der Waals surface area contributed by atoms with Gasteiger partial charge >= 0.3 is 5.97 Å². The van der Waals surface area contributed by atoms with E-state index in [9.17, 15) is 4.79 Å². The van der Waals surface area contributed by atoms with Gasteiger partial charge in [0.2, 0.25) is 0 Å². The highest BCUT2D eigenvalue weighted by atomic mass is 35.5. The van der Waals surface area contributed by atoms with Crippen LogP contribution in [0.3, 0.4) is 0 Å². The van der Waals surface area contributed by atoms with Crippen LogP contribution in [0, 0.1) is 0 Å². The summed E-state index contributed by atoms with van der Waals surface area (Å²) in [5, 5.41) is 7.90. The molecule has 5 heteroatoms. The second-order valence-electron chi connectivity index (χ2n) is 2.74. The molecule has 1 aromatic rings. The Balaban J connectivity index is 2.84. The highest BCUT2D eigenvalue weighted by molar-refractivity contribution is 6.31. The number of hydrogen-bond donors (Lipinski definition) is 0. The number of hydrogen-bond acceptors (Lipinski definition) is 4. The minimum absolute atomic E-state index is 0.338. The fourth-order valence-electron chi connectivity index (χ4n) is 1.000. The third-order valence-electron chi connectivity index (χ3n) is 1.75. The number of aromatic nitrogens is 2. The molecule has 4 nitrogen and oxygen atoms in total. The number of halogens is 1. The molecule has 0 saturated carbocycles. The quantitative estimate of drug-likeness (QED) is 0.720. The Morgan fingerprint density at radius 3 is 3.00 bits per heavy atom. The molecule has 0 amide bonds. The molecule has 1 unspecified atom stereocenters. The van der Waals surface area contributed by atoms with Crippen molar-refractivity contribution in [3.63, 3.8) is 0 Å². The molecule has 1 heterocycles. The van der Waals surface area contributed by atoms with Gasteiger partial charge in [0.15, 0.2) is 0 Å². The smallest absolute Gasteiger partial charge is 0.314 e. The van der Waals surface area contributed by atoms with E-state index in [4.69, 9.17) is 16.3 Å². The van der Waals surface area contributed by atoms with E-state index in [2.05, 4.69) is 10.2 Å². The molecule has 0 aliphatic rings. The zero-order chi connectivity index (χ0) is 10.6. The summed E-state index contributed by atoms with van der Waals surface area (Å²) in [6.07, 6.45) is 1.48. The molecule has 0 bridgehead atoms. The lowest BCUT2D eigenvalue weighted by molar-refractivity contribution is -0.144. The Kier molecular flexibility index (Phi) is 3.83. The van der Waals surface area contributed by atoms with Crippen LogP contribution in [0.4, 0.5) is 0 Å². The van der Waals surface area contributed by atoms with E-state index in [1.807, 2.05) is 0 Å². The van der Waals surface area contributed by atoms with Gasteiger partial charge in [-0.3, -0.25) is 4.79 Å². The number of esters is 1.